The molecule has 0 aliphatic rings. The summed E-state index contributed by atoms with van der Waals surface area (Å²) in [5, 5.41) is 10.9. The van der Waals surface area contributed by atoms with Gasteiger partial charge in [-0.15, -0.1) is 10.2 Å². The molecule has 0 saturated heterocycles. The first-order valence-corrected chi connectivity index (χ1v) is 7.43. The van der Waals surface area contributed by atoms with E-state index >= 15 is 0 Å². The van der Waals surface area contributed by atoms with Gasteiger partial charge in [0, 0.05) is 21.7 Å². The van der Waals surface area contributed by atoms with Crippen molar-refractivity contribution >= 4 is 39.0 Å². The summed E-state index contributed by atoms with van der Waals surface area (Å²) >= 11 is 7.47. The van der Waals surface area contributed by atoms with Gasteiger partial charge < -0.3 is 5.73 Å². The van der Waals surface area contributed by atoms with Crippen molar-refractivity contribution in [3.8, 4) is 10.6 Å². The van der Waals surface area contributed by atoms with Gasteiger partial charge in [-0.3, -0.25) is 4.98 Å². The lowest BCUT2D eigenvalue weighted by molar-refractivity contribution is 0.830. The lowest BCUT2D eigenvalue weighted by Gasteiger charge is -2.10. The largest absolute Gasteiger partial charge is 0.374 e. The van der Waals surface area contributed by atoms with Crippen molar-refractivity contribution in [2.75, 3.05) is 5.73 Å². The van der Waals surface area contributed by atoms with Crippen LogP contribution in [0, 0.1) is 0 Å². The van der Waals surface area contributed by atoms with Gasteiger partial charge in [0.2, 0.25) is 5.13 Å². The van der Waals surface area contributed by atoms with E-state index in [0.29, 0.717) is 16.1 Å². The van der Waals surface area contributed by atoms with E-state index in [2.05, 4.69) is 29.0 Å². The second-order valence-electron chi connectivity index (χ2n) is 4.86. The van der Waals surface area contributed by atoms with Crippen LogP contribution in [0.25, 0.3) is 21.5 Å². The predicted octanol–water partition coefficient (Wildman–Crippen LogP) is 4.11. The molecule has 102 valence electrons. The molecule has 0 bridgehead atoms. The SMILES string of the molecule is CC(C)c1cc(-c2nnc(N)s2)c2cc(Cl)ccc2n1. The Morgan fingerprint density at radius 1 is 1.20 bits per heavy atom. The number of nitrogen functional groups attached to an aromatic ring is 1. The number of anilines is 1. The molecule has 0 amide bonds. The van der Waals surface area contributed by atoms with Crippen LogP contribution in [0.15, 0.2) is 24.3 Å². The van der Waals surface area contributed by atoms with Crippen molar-refractivity contribution < 1.29 is 0 Å². The number of hydrogen-bond donors (Lipinski definition) is 1. The third kappa shape index (κ3) is 2.34. The molecule has 2 aromatic heterocycles. The molecule has 3 aromatic rings. The monoisotopic (exact) mass is 304 g/mol. The molecular weight excluding hydrogens is 292 g/mol. The molecular formula is C14H13ClN4S. The zero-order valence-corrected chi connectivity index (χ0v) is 12.7. The molecule has 0 atom stereocenters. The Bertz CT molecular complexity index is 782. The highest BCUT2D eigenvalue weighted by Gasteiger charge is 2.13. The van der Waals surface area contributed by atoms with E-state index < -0.39 is 0 Å². The fourth-order valence-corrected chi connectivity index (χ4v) is 2.85. The van der Waals surface area contributed by atoms with E-state index in [4.69, 9.17) is 17.3 Å². The Balaban J connectivity index is 2.34. The smallest absolute Gasteiger partial charge is 0.203 e. The van der Waals surface area contributed by atoms with Gasteiger partial charge in [-0.25, -0.2) is 0 Å². The highest BCUT2D eigenvalue weighted by Crippen LogP contribution is 2.34. The summed E-state index contributed by atoms with van der Waals surface area (Å²) < 4.78 is 0. The van der Waals surface area contributed by atoms with Crippen molar-refractivity contribution in [3.63, 3.8) is 0 Å². The number of hydrogen-bond acceptors (Lipinski definition) is 5. The number of nitrogens with zero attached hydrogens (tertiary/aromatic N) is 3. The Hall–Kier alpha value is -1.72. The molecule has 0 aliphatic heterocycles. The van der Waals surface area contributed by atoms with Crippen LogP contribution in [0.5, 0.6) is 0 Å². The van der Waals surface area contributed by atoms with E-state index in [9.17, 15) is 0 Å². The molecule has 20 heavy (non-hydrogen) atoms. The van der Waals surface area contributed by atoms with Gasteiger partial charge in [-0.2, -0.15) is 0 Å². The summed E-state index contributed by atoms with van der Waals surface area (Å²) in [6, 6.07) is 7.72. The van der Waals surface area contributed by atoms with Gasteiger partial charge >= 0.3 is 0 Å². The van der Waals surface area contributed by atoms with Crippen LogP contribution in [-0.2, 0) is 0 Å². The standard InChI is InChI=1S/C14H13ClN4S/c1-7(2)12-6-10(13-18-19-14(16)20-13)9-5-8(15)3-4-11(9)17-12/h3-7H,1-2H3,(H2,16,19). The molecule has 3 rings (SSSR count). The van der Waals surface area contributed by atoms with E-state index in [1.807, 2.05) is 24.3 Å². The van der Waals surface area contributed by atoms with Gasteiger partial charge in [0.15, 0.2) is 0 Å². The van der Waals surface area contributed by atoms with Gasteiger partial charge in [0.25, 0.3) is 0 Å². The van der Waals surface area contributed by atoms with Crippen molar-refractivity contribution in [2.45, 2.75) is 19.8 Å². The molecule has 0 aliphatic carbocycles. The number of nitrogens with two attached hydrogens (primary N) is 1. The highest BCUT2D eigenvalue weighted by atomic mass is 35.5. The number of halogens is 1. The van der Waals surface area contributed by atoms with Gasteiger partial charge in [0.1, 0.15) is 5.01 Å². The molecule has 0 spiro atoms. The van der Waals surface area contributed by atoms with Crippen LogP contribution >= 0.6 is 22.9 Å². The second kappa shape index (κ2) is 5.00. The maximum atomic E-state index is 6.10. The van der Waals surface area contributed by atoms with E-state index in [1.165, 1.54) is 11.3 Å². The first kappa shape index (κ1) is 13.3. The van der Waals surface area contributed by atoms with Gasteiger partial charge in [0.05, 0.1) is 5.52 Å². The summed E-state index contributed by atoms with van der Waals surface area (Å²) in [6.45, 7) is 4.23. The Kier molecular flexibility index (Phi) is 3.31. The van der Waals surface area contributed by atoms with Crippen LogP contribution in [0.1, 0.15) is 25.5 Å². The van der Waals surface area contributed by atoms with E-state index in [-0.39, 0.29) is 0 Å². The number of fused-ring (bicyclic) bond motifs is 1. The van der Waals surface area contributed by atoms with Crippen molar-refractivity contribution in [1.82, 2.24) is 15.2 Å². The van der Waals surface area contributed by atoms with E-state index in [0.717, 1.165) is 27.2 Å². The third-order valence-electron chi connectivity index (χ3n) is 3.05. The van der Waals surface area contributed by atoms with Crippen molar-refractivity contribution in [1.29, 1.82) is 0 Å². The molecule has 4 nitrogen and oxygen atoms in total. The quantitative estimate of drug-likeness (QED) is 0.773. The molecule has 0 unspecified atom stereocenters. The highest BCUT2D eigenvalue weighted by molar-refractivity contribution is 7.18. The zero-order chi connectivity index (χ0) is 14.3. The number of rotatable bonds is 2. The fraction of sp³-hybridized carbons (Fsp3) is 0.214. The van der Waals surface area contributed by atoms with Crippen LogP contribution < -0.4 is 5.73 Å². The maximum Gasteiger partial charge on any atom is 0.203 e. The summed E-state index contributed by atoms with van der Waals surface area (Å²) in [5.41, 5.74) is 8.60. The Morgan fingerprint density at radius 2 is 2.00 bits per heavy atom. The predicted molar refractivity (Wildman–Crippen MR) is 84.2 cm³/mol. The Morgan fingerprint density at radius 3 is 2.65 bits per heavy atom. The summed E-state index contributed by atoms with van der Waals surface area (Å²) in [7, 11) is 0. The second-order valence-corrected chi connectivity index (χ2v) is 6.30. The molecule has 2 heterocycles. The van der Waals surface area contributed by atoms with Crippen LogP contribution in [0.2, 0.25) is 5.02 Å². The summed E-state index contributed by atoms with van der Waals surface area (Å²) in [6.07, 6.45) is 0. The summed E-state index contributed by atoms with van der Waals surface area (Å²) in [5.74, 6) is 0.332. The first-order chi connectivity index (χ1) is 9.54. The fourth-order valence-electron chi connectivity index (χ4n) is 2.03. The van der Waals surface area contributed by atoms with Crippen LogP contribution in [0.4, 0.5) is 5.13 Å². The van der Waals surface area contributed by atoms with Crippen molar-refractivity contribution in [2.24, 2.45) is 0 Å². The van der Waals surface area contributed by atoms with Gasteiger partial charge in [-0.1, -0.05) is 36.8 Å². The molecule has 1 aromatic carbocycles. The molecule has 2 N–H and O–H groups in total. The summed E-state index contributed by atoms with van der Waals surface area (Å²) in [4.78, 5) is 4.68. The molecule has 6 heteroatoms. The van der Waals surface area contributed by atoms with Crippen LogP contribution in [0.3, 0.4) is 0 Å². The van der Waals surface area contributed by atoms with Gasteiger partial charge in [-0.05, 0) is 30.2 Å². The average molecular weight is 305 g/mol. The third-order valence-corrected chi connectivity index (χ3v) is 4.07. The maximum absolute atomic E-state index is 6.10. The van der Waals surface area contributed by atoms with Crippen LogP contribution in [-0.4, -0.2) is 15.2 Å². The lowest BCUT2D eigenvalue weighted by Crippen LogP contribution is -1.95. The average Bonchev–Trinajstić information content (AvgIpc) is 2.84. The molecule has 0 radical (unpaired) electrons. The number of benzene rings is 1. The number of aromatic nitrogens is 3. The van der Waals surface area contributed by atoms with Crippen molar-refractivity contribution in [3.05, 3.63) is 35.0 Å². The lowest BCUT2D eigenvalue weighted by atomic mass is 10.0. The topological polar surface area (TPSA) is 64.7 Å². The Labute approximate surface area is 125 Å². The normalized spacial score (nSPS) is 11.4. The first-order valence-electron chi connectivity index (χ1n) is 6.24. The minimum absolute atomic E-state index is 0.332. The minimum Gasteiger partial charge on any atom is -0.374 e. The zero-order valence-electron chi connectivity index (χ0n) is 11.1. The molecule has 0 saturated carbocycles. The van der Waals surface area contributed by atoms with E-state index in [1.54, 1.807) is 0 Å². The molecule has 0 fully saturated rings. The minimum atomic E-state index is 0.332. The number of pyridine rings is 1.